The molecule has 0 aromatic carbocycles. The highest BCUT2D eigenvalue weighted by atomic mass is 16.5. The van der Waals surface area contributed by atoms with Gasteiger partial charge in [-0.1, -0.05) is 27.7 Å². The van der Waals surface area contributed by atoms with E-state index in [1.165, 1.54) is 6.08 Å². The molecule has 0 radical (unpaired) electrons. The number of ketones is 1. The van der Waals surface area contributed by atoms with E-state index in [0.717, 1.165) is 0 Å². The van der Waals surface area contributed by atoms with Crippen molar-refractivity contribution in [3.8, 4) is 0 Å². The van der Waals surface area contributed by atoms with E-state index in [1.54, 1.807) is 0 Å². The summed E-state index contributed by atoms with van der Waals surface area (Å²) in [6, 6.07) is 0. The molecule has 0 aromatic rings. The van der Waals surface area contributed by atoms with Crippen LogP contribution in [0.3, 0.4) is 0 Å². The molecule has 0 amide bonds. The molecule has 0 aromatic heterocycles. The standard InChI is InChI=1S/C15H24O5/c1-8(2)5-12(18)20-15-13(9(3)4)11(17)6-10(7-16)14(15)19/h6,8-9,11,13,15-17H,5,7H2,1-4H3/t11-,13+,15+/m0/s1. The molecule has 1 aliphatic rings. The van der Waals surface area contributed by atoms with E-state index in [9.17, 15) is 14.7 Å². The van der Waals surface area contributed by atoms with Crippen LogP contribution in [0.15, 0.2) is 11.6 Å². The number of rotatable bonds is 5. The maximum Gasteiger partial charge on any atom is 0.306 e. The van der Waals surface area contributed by atoms with Gasteiger partial charge in [0.05, 0.1) is 12.7 Å². The molecule has 1 aliphatic carbocycles. The molecular weight excluding hydrogens is 260 g/mol. The molecule has 20 heavy (non-hydrogen) atoms. The molecule has 0 bridgehead atoms. The number of hydrogen-bond donors (Lipinski definition) is 2. The van der Waals surface area contributed by atoms with Crippen LogP contribution in [0, 0.1) is 17.8 Å². The van der Waals surface area contributed by atoms with Crippen molar-refractivity contribution in [2.24, 2.45) is 17.8 Å². The van der Waals surface area contributed by atoms with E-state index in [0.29, 0.717) is 0 Å². The van der Waals surface area contributed by atoms with Crippen LogP contribution < -0.4 is 0 Å². The smallest absolute Gasteiger partial charge is 0.306 e. The number of carbonyl (C=O) groups excluding carboxylic acids is 2. The van der Waals surface area contributed by atoms with E-state index >= 15 is 0 Å². The second-order valence-electron chi connectivity index (χ2n) is 6.03. The molecule has 0 fully saturated rings. The maximum absolute atomic E-state index is 12.2. The summed E-state index contributed by atoms with van der Waals surface area (Å²) >= 11 is 0. The number of aliphatic hydroxyl groups excluding tert-OH is 2. The lowest BCUT2D eigenvalue weighted by Gasteiger charge is -2.35. The van der Waals surface area contributed by atoms with Gasteiger partial charge < -0.3 is 14.9 Å². The normalized spacial score (nSPS) is 26.9. The molecule has 0 spiro atoms. The summed E-state index contributed by atoms with van der Waals surface area (Å²) in [4.78, 5) is 24.0. The Hall–Kier alpha value is -1.20. The van der Waals surface area contributed by atoms with Crippen molar-refractivity contribution in [2.75, 3.05) is 6.61 Å². The summed E-state index contributed by atoms with van der Waals surface area (Å²) < 4.78 is 5.29. The van der Waals surface area contributed by atoms with Crippen LogP contribution in [-0.4, -0.2) is 40.8 Å². The number of esters is 1. The summed E-state index contributed by atoms with van der Waals surface area (Å²) in [5.74, 6) is -1.23. The van der Waals surface area contributed by atoms with Gasteiger partial charge in [-0.2, -0.15) is 0 Å². The van der Waals surface area contributed by atoms with Gasteiger partial charge in [-0.3, -0.25) is 9.59 Å². The molecule has 0 heterocycles. The van der Waals surface area contributed by atoms with Crippen LogP contribution in [0.4, 0.5) is 0 Å². The van der Waals surface area contributed by atoms with Crippen molar-refractivity contribution < 1.29 is 24.5 Å². The molecule has 0 aliphatic heterocycles. The topological polar surface area (TPSA) is 83.8 Å². The lowest BCUT2D eigenvalue weighted by atomic mass is 9.77. The molecule has 0 unspecified atom stereocenters. The van der Waals surface area contributed by atoms with Crippen molar-refractivity contribution in [1.29, 1.82) is 0 Å². The molecule has 5 heteroatoms. The summed E-state index contributed by atoms with van der Waals surface area (Å²) in [5, 5.41) is 19.3. The first-order chi connectivity index (χ1) is 9.27. The molecular formula is C15H24O5. The lowest BCUT2D eigenvalue weighted by molar-refractivity contribution is -0.162. The van der Waals surface area contributed by atoms with Gasteiger partial charge in [0.25, 0.3) is 0 Å². The zero-order valence-electron chi connectivity index (χ0n) is 12.5. The van der Waals surface area contributed by atoms with Gasteiger partial charge in [-0.15, -0.1) is 0 Å². The summed E-state index contributed by atoms with van der Waals surface area (Å²) in [6.45, 7) is 7.04. The predicted molar refractivity (Wildman–Crippen MR) is 73.8 cm³/mol. The average molecular weight is 284 g/mol. The van der Waals surface area contributed by atoms with Crippen LogP contribution in [0.1, 0.15) is 34.1 Å². The lowest BCUT2D eigenvalue weighted by Crippen LogP contribution is -2.47. The van der Waals surface area contributed by atoms with Crippen LogP contribution in [0.5, 0.6) is 0 Å². The molecule has 0 saturated heterocycles. The van der Waals surface area contributed by atoms with Gasteiger partial charge in [0, 0.05) is 17.9 Å². The third-order valence-electron chi connectivity index (χ3n) is 3.46. The minimum atomic E-state index is -1.01. The number of ether oxygens (including phenoxy) is 1. The quantitative estimate of drug-likeness (QED) is 0.738. The highest BCUT2D eigenvalue weighted by Crippen LogP contribution is 2.30. The molecule has 1 rings (SSSR count). The molecule has 114 valence electrons. The zero-order chi connectivity index (χ0) is 15.4. The number of hydrogen-bond acceptors (Lipinski definition) is 5. The minimum Gasteiger partial charge on any atom is -0.454 e. The second kappa shape index (κ2) is 6.99. The summed E-state index contributed by atoms with van der Waals surface area (Å²) in [5.41, 5.74) is 0.108. The first-order valence-corrected chi connectivity index (χ1v) is 7.01. The maximum atomic E-state index is 12.2. The summed E-state index contributed by atoms with van der Waals surface area (Å²) in [6.07, 6.45) is -0.321. The fourth-order valence-electron chi connectivity index (χ4n) is 2.47. The minimum absolute atomic E-state index is 0.0257. The molecule has 5 nitrogen and oxygen atoms in total. The van der Waals surface area contributed by atoms with E-state index in [4.69, 9.17) is 9.84 Å². The second-order valence-corrected chi connectivity index (χ2v) is 6.03. The van der Waals surface area contributed by atoms with E-state index in [1.807, 2.05) is 27.7 Å². The van der Waals surface area contributed by atoms with E-state index < -0.39 is 36.5 Å². The van der Waals surface area contributed by atoms with Crippen molar-refractivity contribution >= 4 is 11.8 Å². The van der Waals surface area contributed by atoms with Crippen LogP contribution in [0.25, 0.3) is 0 Å². The van der Waals surface area contributed by atoms with Gasteiger partial charge in [0.2, 0.25) is 5.78 Å². The Morgan fingerprint density at radius 1 is 1.35 bits per heavy atom. The van der Waals surface area contributed by atoms with Gasteiger partial charge >= 0.3 is 5.97 Å². The van der Waals surface area contributed by atoms with Gasteiger partial charge in [0.1, 0.15) is 0 Å². The van der Waals surface area contributed by atoms with Crippen molar-refractivity contribution in [3.05, 3.63) is 11.6 Å². The highest BCUT2D eigenvalue weighted by molar-refractivity contribution is 6.01. The number of carbonyl (C=O) groups is 2. The molecule has 3 atom stereocenters. The fourth-order valence-corrected chi connectivity index (χ4v) is 2.47. The number of aliphatic hydroxyl groups is 2. The van der Waals surface area contributed by atoms with Crippen LogP contribution in [0.2, 0.25) is 0 Å². The average Bonchev–Trinajstić information content (AvgIpc) is 2.31. The monoisotopic (exact) mass is 284 g/mol. The van der Waals surface area contributed by atoms with Crippen LogP contribution >= 0.6 is 0 Å². The Labute approximate surface area is 119 Å². The summed E-state index contributed by atoms with van der Waals surface area (Å²) in [7, 11) is 0. The third kappa shape index (κ3) is 3.90. The zero-order valence-corrected chi connectivity index (χ0v) is 12.5. The molecule has 0 saturated carbocycles. The van der Waals surface area contributed by atoms with Gasteiger partial charge in [0.15, 0.2) is 6.10 Å². The van der Waals surface area contributed by atoms with E-state index in [2.05, 4.69) is 0 Å². The predicted octanol–water partition coefficient (Wildman–Crippen LogP) is 1.08. The SMILES string of the molecule is CC(C)CC(=O)O[C@H]1C(=O)C(CO)=C[C@H](O)[C@H]1C(C)C. The van der Waals surface area contributed by atoms with E-state index in [-0.39, 0.29) is 23.8 Å². The third-order valence-corrected chi connectivity index (χ3v) is 3.46. The number of Topliss-reactive ketones (excluding diaryl/α,β-unsaturated/α-hetero) is 1. The first kappa shape index (κ1) is 16.9. The van der Waals surface area contributed by atoms with Crippen LogP contribution in [-0.2, 0) is 14.3 Å². The first-order valence-electron chi connectivity index (χ1n) is 7.01. The molecule has 2 N–H and O–H groups in total. The Morgan fingerprint density at radius 3 is 2.40 bits per heavy atom. The van der Waals surface area contributed by atoms with Crippen molar-refractivity contribution in [1.82, 2.24) is 0 Å². The highest BCUT2D eigenvalue weighted by Gasteiger charge is 2.42. The van der Waals surface area contributed by atoms with Gasteiger partial charge in [-0.25, -0.2) is 0 Å². The van der Waals surface area contributed by atoms with Crippen molar-refractivity contribution in [2.45, 2.75) is 46.3 Å². The largest absolute Gasteiger partial charge is 0.454 e. The Balaban J connectivity index is 2.96. The Morgan fingerprint density at radius 2 is 1.95 bits per heavy atom. The van der Waals surface area contributed by atoms with Gasteiger partial charge in [-0.05, 0) is 17.9 Å². The Kier molecular flexibility index (Phi) is 5.89. The fraction of sp³-hybridized carbons (Fsp3) is 0.733. The van der Waals surface area contributed by atoms with Crippen molar-refractivity contribution in [3.63, 3.8) is 0 Å². The Bertz CT molecular complexity index is 397.